The van der Waals surface area contributed by atoms with Gasteiger partial charge in [-0.1, -0.05) is 12.1 Å². The molecule has 1 aromatic rings. The van der Waals surface area contributed by atoms with Crippen molar-refractivity contribution in [3.8, 4) is 0 Å². The number of amides is 1. The number of nitrogens with one attached hydrogen (secondary N) is 1. The minimum absolute atomic E-state index is 0.203. The number of hydrogen-bond donors (Lipinski definition) is 2. The maximum Gasteiger partial charge on any atom is 0.253 e. The summed E-state index contributed by atoms with van der Waals surface area (Å²) in [5, 5.41) is 2.73. The monoisotopic (exact) mass is 252 g/mol. The lowest BCUT2D eigenvalue weighted by Gasteiger charge is -2.14. The maximum absolute atomic E-state index is 11.8. The van der Waals surface area contributed by atoms with Crippen molar-refractivity contribution < 1.29 is 14.3 Å². The SMILES string of the molecule is COCCCOC(C)C(=O)Nc1ccccc1N. The Morgan fingerprint density at radius 1 is 1.39 bits per heavy atom. The molecule has 1 amide bonds. The van der Waals surface area contributed by atoms with Gasteiger partial charge in [0.2, 0.25) is 0 Å². The summed E-state index contributed by atoms with van der Waals surface area (Å²) in [7, 11) is 1.63. The zero-order chi connectivity index (χ0) is 13.4. The molecule has 1 atom stereocenters. The van der Waals surface area contributed by atoms with Crippen LogP contribution < -0.4 is 11.1 Å². The van der Waals surface area contributed by atoms with Crippen molar-refractivity contribution in [3.05, 3.63) is 24.3 Å². The van der Waals surface area contributed by atoms with E-state index in [4.69, 9.17) is 15.2 Å². The lowest BCUT2D eigenvalue weighted by atomic mass is 10.2. The summed E-state index contributed by atoms with van der Waals surface area (Å²) in [5.74, 6) is -0.203. The van der Waals surface area contributed by atoms with Crippen LogP contribution in [0.25, 0.3) is 0 Å². The Labute approximate surface area is 107 Å². The van der Waals surface area contributed by atoms with Gasteiger partial charge < -0.3 is 20.5 Å². The number of ether oxygens (including phenoxy) is 2. The number of methoxy groups -OCH3 is 1. The number of carbonyl (C=O) groups excluding carboxylic acids is 1. The molecule has 0 aromatic heterocycles. The van der Waals surface area contributed by atoms with E-state index in [1.807, 2.05) is 12.1 Å². The molecule has 0 spiro atoms. The van der Waals surface area contributed by atoms with E-state index >= 15 is 0 Å². The largest absolute Gasteiger partial charge is 0.397 e. The lowest BCUT2D eigenvalue weighted by Crippen LogP contribution is -2.28. The molecule has 18 heavy (non-hydrogen) atoms. The van der Waals surface area contributed by atoms with Crippen molar-refractivity contribution >= 4 is 17.3 Å². The van der Waals surface area contributed by atoms with Crippen LogP contribution in [-0.2, 0) is 14.3 Å². The fourth-order valence-corrected chi connectivity index (χ4v) is 1.38. The predicted octanol–water partition coefficient (Wildman–Crippen LogP) is 1.65. The summed E-state index contributed by atoms with van der Waals surface area (Å²) < 4.78 is 10.3. The van der Waals surface area contributed by atoms with Gasteiger partial charge in [-0.05, 0) is 25.5 Å². The van der Waals surface area contributed by atoms with Crippen LogP contribution in [0, 0.1) is 0 Å². The van der Waals surface area contributed by atoms with Gasteiger partial charge in [0.1, 0.15) is 6.10 Å². The number of nitrogens with two attached hydrogens (primary N) is 1. The van der Waals surface area contributed by atoms with Crippen LogP contribution >= 0.6 is 0 Å². The van der Waals surface area contributed by atoms with Crippen molar-refractivity contribution in [3.63, 3.8) is 0 Å². The number of anilines is 2. The van der Waals surface area contributed by atoms with E-state index < -0.39 is 6.10 Å². The second-order valence-electron chi connectivity index (χ2n) is 3.94. The topological polar surface area (TPSA) is 73.6 Å². The first kappa shape index (κ1) is 14.5. The third-order valence-corrected chi connectivity index (χ3v) is 2.45. The zero-order valence-electron chi connectivity index (χ0n) is 10.8. The number of rotatable bonds is 7. The molecule has 3 N–H and O–H groups in total. The summed E-state index contributed by atoms with van der Waals surface area (Å²) in [6.07, 6.45) is 0.253. The minimum Gasteiger partial charge on any atom is -0.397 e. The van der Waals surface area contributed by atoms with Gasteiger partial charge in [-0.15, -0.1) is 0 Å². The van der Waals surface area contributed by atoms with E-state index in [0.29, 0.717) is 24.6 Å². The Morgan fingerprint density at radius 2 is 2.11 bits per heavy atom. The quantitative estimate of drug-likeness (QED) is 0.571. The highest BCUT2D eigenvalue weighted by Crippen LogP contribution is 2.17. The molecule has 1 unspecified atom stereocenters. The third kappa shape index (κ3) is 4.73. The average molecular weight is 252 g/mol. The molecule has 5 heteroatoms. The third-order valence-electron chi connectivity index (χ3n) is 2.45. The first-order valence-electron chi connectivity index (χ1n) is 5.91. The van der Waals surface area contributed by atoms with Crippen molar-refractivity contribution in [1.29, 1.82) is 0 Å². The fraction of sp³-hybridized carbons (Fsp3) is 0.462. The molecule has 0 aliphatic carbocycles. The second-order valence-corrected chi connectivity index (χ2v) is 3.94. The fourth-order valence-electron chi connectivity index (χ4n) is 1.38. The Hall–Kier alpha value is -1.59. The molecule has 0 radical (unpaired) electrons. The highest BCUT2D eigenvalue weighted by molar-refractivity contribution is 5.96. The predicted molar refractivity (Wildman–Crippen MR) is 71.4 cm³/mol. The number of para-hydroxylation sites is 2. The summed E-state index contributed by atoms with van der Waals surface area (Å²) in [5.41, 5.74) is 6.88. The molecule has 0 fully saturated rings. The van der Waals surface area contributed by atoms with E-state index in [2.05, 4.69) is 5.32 Å². The van der Waals surface area contributed by atoms with Crippen LogP contribution in [0.1, 0.15) is 13.3 Å². The first-order chi connectivity index (χ1) is 8.65. The van der Waals surface area contributed by atoms with Crippen molar-refractivity contribution in [2.45, 2.75) is 19.4 Å². The Kier molecular flexibility index (Phi) is 6.18. The molecule has 0 aliphatic rings. The van der Waals surface area contributed by atoms with E-state index in [1.54, 1.807) is 26.2 Å². The standard InChI is InChI=1S/C13H20N2O3/c1-10(18-9-5-8-17-2)13(16)15-12-7-4-3-6-11(12)14/h3-4,6-7,10H,5,8-9,14H2,1-2H3,(H,15,16). The molecular formula is C13H20N2O3. The van der Waals surface area contributed by atoms with Crippen LogP contribution in [0.2, 0.25) is 0 Å². The number of carbonyl (C=O) groups is 1. The van der Waals surface area contributed by atoms with E-state index in [-0.39, 0.29) is 5.91 Å². The van der Waals surface area contributed by atoms with Gasteiger partial charge in [0.05, 0.1) is 11.4 Å². The van der Waals surface area contributed by atoms with Crippen molar-refractivity contribution in [2.24, 2.45) is 0 Å². The summed E-state index contributed by atoms with van der Waals surface area (Å²) in [6, 6.07) is 7.12. The van der Waals surface area contributed by atoms with Gasteiger partial charge in [0, 0.05) is 20.3 Å². The molecule has 0 saturated carbocycles. The smallest absolute Gasteiger partial charge is 0.253 e. The normalized spacial score (nSPS) is 12.1. The van der Waals surface area contributed by atoms with Gasteiger partial charge in [-0.3, -0.25) is 4.79 Å². The molecule has 5 nitrogen and oxygen atoms in total. The van der Waals surface area contributed by atoms with Crippen LogP contribution in [-0.4, -0.2) is 32.3 Å². The zero-order valence-corrected chi connectivity index (χ0v) is 10.8. The summed E-state index contributed by atoms with van der Waals surface area (Å²) >= 11 is 0. The maximum atomic E-state index is 11.8. The Morgan fingerprint density at radius 3 is 2.78 bits per heavy atom. The molecule has 1 rings (SSSR count). The van der Waals surface area contributed by atoms with Crippen LogP contribution in [0.5, 0.6) is 0 Å². The van der Waals surface area contributed by atoms with E-state index in [1.165, 1.54) is 0 Å². The van der Waals surface area contributed by atoms with Gasteiger partial charge in [-0.2, -0.15) is 0 Å². The van der Waals surface area contributed by atoms with Crippen molar-refractivity contribution in [1.82, 2.24) is 0 Å². The Bertz CT molecular complexity index is 382. The van der Waals surface area contributed by atoms with Crippen LogP contribution in [0.3, 0.4) is 0 Å². The molecular weight excluding hydrogens is 232 g/mol. The molecule has 0 heterocycles. The Balaban J connectivity index is 2.38. The van der Waals surface area contributed by atoms with Gasteiger partial charge in [0.25, 0.3) is 5.91 Å². The van der Waals surface area contributed by atoms with Crippen molar-refractivity contribution in [2.75, 3.05) is 31.4 Å². The van der Waals surface area contributed by atoms with Crippen LogP contribution in [0.4, 0.5) is 11.4 Å². The summed E-state index contributed by atoms with van der Waals surface area (Å²) in [4.78, 5) is 11.8. The number of hydrogen-bond acceptors (Lipinski definition) is 4. The first-order valence-corrected chi connectivity index (χ1v) is 5.91. The van der Waals surface area contributed by atoms with Gasteiger partial charge in [0.15, 0.2) is 0 Å². The summed E-state index contributed by atoms with van der Waals surface area (Å²) in [6.45, 7) is 2.83. The van der Waals surface area contributed by atoms with Gasteiger partial charge >= 0.3 is 0 Å². The number of nitrogen functional groups attached to an aromatic ring is 1. The molecule has 0 aliphatic heterocycles. The van der Waals surface area contributed by atoms with E-state index in [0.717, 1.165) is 6.42 Å². The molecule has 0 saturated heterocycles. The van der Waals surface area contributed by atoms with E-state index in [9.17, 15) is 4.79 Å². The molecule has 0 bridgehead atoms. The highest BCUT2D eigenvalue weighted by Gasteiger charge is 2.14. The molecule has 100 valence electrons. The highest BCUT2D eigenvalue weighted by atomic mass is 16.5. The second kappa shape index (κ2) is 7.68. The average Bonchev–Trinajstić information content (AvgIpc) is 2.37. The minimum atomic E-state index is -0.513. The van der Waals surface area contributed by atoms with Gasteiger partial charge in [-0.25, -0.2) is 0 Å². The molecule has 1 aromatic carbocycles. The number of benzene rings is 1. The van der Waals surface area contributed by atoms with Crippen LogP contribution in [0.15, 0.2) is 24.3 Å². The lowest BCUT2D eigenvalue weighted by molar-refractivity contribution is -0.126.